The maximum atomic E-state index is 12.3. The normalized spacial score (nSPS) is 17.4. The standard InChI is InChI=1S/C12H16N4O2/c1-8-13-7-10-11(14-8)16(12(17)15(10)2)9-3-5-18-6-4-9/h7,9H,3-6H2,1-2H3. The van der Waals surface area contributed by atoms with Gasteiger partial charge in [-0.15, -0.1) is 0 Å². The summed E-state index contributed by atoms with van der Waals surface area (Å²) in [6.45, 7) is 3.25. The number of hydrogen-bond acceptors (Lipinski definition) is 4. The Labute approximate surface area is 104 Å². The van der Waals surface area contributed by atoms with Crippen LogP contribution in [0.2, 0.25) is 0 Å². The van der Waals surface area contributed by atoms with Gasteiger partial charge in [0, 0.05) is 26.3 Å². The molecule has 18 heavy (non-hydrogen) atoms. The Bertz CT molecular complexity index is 637. The monoisotopic (exact) mass is 248 g/mol. The minimum atomic E-state index is -0.0169. The van der Waals surface area contributed by atoms with E-state index in [2.05, 4.69) is 9.97 Å². The van der Waals surface area contributed by atoms with E-state index in [0.717, 1.165) is 24.0 Å². The Balaban J connectivity index is 2.23. The van der Waals surface area contributed by atoms with Crippen molar-refractivity contribution in [3.05, 3.63) is 22.5 Å². The molecule has 3 rings (SSSR count). The molecular weight excluding hydrogens is 232 g/mol. The molecule has 1 aliphatic heterocycles. The predicted octanol–water partition coefficient (Wildman–Crippen LogP) is 0.790. The molecular formula is C12H16N4O2. The van der Waals surface area contributed by atoms with Crippen LogP contribution in [0, 0.1) is 6.92 Å². The fourth-order valence-electron chi connectivity index (χ4n) is 2.49. The Morgan fingerprint density at radius 3 is 2.83 bits per heavy atom. The topological polar surface area (TPSA) is 61.9 Å². The molecule has 2 aromatic heterocycles. The fraction of sp³-hybridized carbons (Fsp3) is 0.583. The summed E-state index contributed by atoms with van der Waals surface area (Å²) in [7, 11) is 1.76. The number of hydrogen-bond donors (Lipinski definition) is 0. The van der Waals surface area contributed by atoms with Gasteiger partial charge in [-0.05, 0) is 19.8 Å². The molecule has 6 nitrogen and oxygen atoms in total. The summed E-state index contributed by atoms with van der Waals surface area (Å²) in [6, 6.07) is 0.184. The highest BCUT2D eigenvalue weighted by Gasteiger charge is 2.22. The Hall–Kier alpha value is -1.69. The summed E-state index contributed by atoms with van der Waals surface area (Å²) in [5.41, 5.74) is 1.51. The third-order valence-corrected chi connectivity index (χ3v) is 3.51. The van der Waals surface area contributed by atoms with E-state index in [9.17, 15) is 4.79 Å². The van der Waals surface area contributed by atoms with Gasteiger partial charge in [-0.1, -0.05) is 0 Å². The lowest BCUT2D eigenvalue weighted by Crippen LogP contribution is -2.30. The molecule has 1 aliphatic rings. The summed E-state index contributed by atoms with van der Waals surface area (Å²) in [5.74, 6) is 0.689. The molecule has 6 heteroatoms. The first-order chi connectivity index (χ1) is 8.68. The molecule has 3 heterocycles. The van der Waals surface area contributed by atoms with E-state index >= 15 is 0 Å². The van der Waals surface area contributed by atoms with Crippen LogP contribution in [0.3, 0.4) is 0 Å². The molecule has 0 amide bonds. The molecule has 0 N–H and O–H groups in total. The molecule has 0 bridgehead atoms. The third-order valence-electron chi connectivity index (χ3n) is 3.51. The number of fused-ring (bicyclic) bond motifs is 1. The van der Waals surface area contributed by atoms with E-state index in [0.29, 0.717) is 19.0 Å². The van der Waals surface area contributed by atoms with Crippen LogP contribution in [0.15, 0.2) is 11.0 Å². The molecule has 0 atom stereocenters. The van der Waals surface area contributed by atoms with Crippen molar-refractivity contribution in [1.82, 2.24) is 19.1 Å². The van der Waals surface area contributed by atoms with E-state index in [1.807, 2.05) is 6.92 Å². The number of aromatic nitrogens is 4. The Kier molecular flexibility index (Phi) is 2.66. The van der Waals surface area contributed by atoms with Crippen molar-refractivity contribution >= 4 is 11.2 Å². The highest BCUT2D eigenvalue weighted by atomic mass is 16.5. The smallest absolute Gasteiger partial charge is 0.330 e. The Morgan fingerprint density at radius 2 is 2.11 bits per heavy atom. The molecule has 96 valence electrons. The molecule has 0 spiro atoms. The number of aryl methyl sites for hydroxylation is 2. The lowest BCUT2D eigenvalue weighted by molar-refractivity contribution is 0.0695. The van der Waals surface area contributed by atoms with Gasteiger partial charge < -0.3 is 4.74 Å². The third kappa shape index (κ3) is 1.64. The molecule has 0 aliphatic carbocycles. The SMILES string of the molecule is Cc1ncc2c(n1)n(C1CCOCC1)c(=O)n2C. The second-order valence-electron chi connectivity index (χ2n) is 4.68. The van der Waals surface area contributed by atoms with Gasteiger partial charge >= 0.3 is 5.69 Å². The van der Waals surface area contributed by atoms with Gasteiger partial charge in [-0.2, -0.15) is 0 Å². The van der Waals surface area contributed by atoms with Crippen molar-refractivity contribution in [2.24, 2.45) is 7.05 Å². The summed E-state index contributed by atoms with van der Waals surface area (Å²) in [6.07, 6.45) is 3.44. The number of ether oxygens (including phenoxy) is 1. The van der Waals surface area contributed by atoms with E-state index in [1.54, 1.807) is 22.4 Å². The van der Waals surface area contributed by atoms with Crippen molar-refractivity contribution in [3.8, 4) is 0 Å². The first-order valence-electron chi connectivity index (χ1n) is 6.17. The van der Waals surface area contributed by atoms with Crippen LogP contribution in [0.25, 0.3) is 11.2 Å². The van der Waals surface area contributed by atoms with Crippen molar-refractivity contribution in [1.29, 1.82) is 0 Å². The molecule has 0 radical (unpaired) electrons. The van der Waals surface area contributed by atoms with Gasteiger partial charge in [0.15, 0.2) is 5.65 Å². The van der Waals surface area contributed by atoms with Crippen molar-refractivity contribution in [3.63, 3.8) is 0 Å². The van der Waals surface area contributed by atoms with Gasteiger partial charge in [0.05, 0.1) is 6.20 Å². The second-order valence-corrected chi connectivity index (χ2v) is 4.68. The molecule has 0 aromatic carbocycles. The van der Waals surface area contributed by atoms with Crippen molar-refractivity contribution < 1.29 is 4.74 Å². The number of rotatable bonds is 1. The maximum Gasteiger partial charge on any atom is 0.330 e. The van der Waals surface area contributed by atoms with Gasteiger partial charge in [-0.3, -0.25) is 9.13 Å². The largest absolute Gasteiger partial charge is 0.381 e. The second kappa shape index (κ2) is 4.20. The zero-order chi connectivity index (χ0) is 12.7. The number of nitrogens with zero attached hydrogens (tertiary/aromatic N) is 4. The van der Waals surface area contributed by atoms with Crippen LogP contribution in [0.1, 0.15) is 24.7 Å². The fourth-order valence-corrected chi connectivity index (χ4v) is 2.49. The predicted molar refractivity (Wildman–Crippen MR) is 66.6 cm³/mol. The van der Waals surface area contributed by atoms with Crippen molar-refractivity contribution in [2.45, 2.75) is 25.8 Å². The lowest BCUT2D eigenvalue weighted by Gasteiger charge is -2.22. The zero-order valence-electron chi connectivity index (χ0n) is 10.6. The van der Waals surface area contributed by atoms with Crippen LogP contribution in [-0.2, 0) is 11.8 Å². The average Bonchev–Trinajstić information content (AvgIpc) is 2.63. The van der Waals surface area contributed by atoms with E-state index in [4.69, 9.17) is 4.74 Å². The summed E-state index contributed by atoms with van der Waals surface area (Å²) in [5, 5.41) is 0. The first-order valence-corrected chi connectivity index (χ1v) is 6.17. The first kappa shape index (κ1) is 11.4. The van der Waals surface area contributed by atoms with Gasteiger partial charge in [0.1, 0.15) is 11.3 Å². The van der Waals surface area contributed by atoms with Crippen LogP contribution >= 0.6 is 0 Å². The highest BCUT2D eigenvalue weighted by molar-refractivity contribution is 5.70. The maximum absolute atomic E-state index is 12.3. The van der Waals surface area contributed by atoms with Crippen LogP contribution in [0.5, 0.6) is 0 Å². The summed E-state index contributed by atoms with van der Waals surface area (Å²) >= 11 is 0. The van der Waals surface area contributed by atoms with Gasteiger partial charge in [0.25, 0.3) is 0 Å². The molecule has 2 aromatic rings. The lowest BCUT2D eigenvalue weighted by atomic mass is 10.1. The molecule has 0 unspecified atom stereocenters. The van der Waals surface area contributed by atoms with Crippen LogP contribution < -0.4 is 5.69 Å². The zero-order valence-corrected chi connectivity index (χ0v) is 10.6. The average molecular weight is 248 g/mol. The molecule has 0 saturated carbocycles. The van der Waals surface area contributed by atoms with E-state index in [-0.39, 0.29) is 11.7 Å². The van der Waals surface area contributed by atoms with E-state index < -0.39 is 0 Å². The minimum Gasteiger partial charge on any atom is -0.381 e. The van der Waals surface area contributed by atoms with Crippen molar-refractivity contribution in [2.75, 3.05) is 13.2 Å². The van der Waals surface area contributed by atoms with Gasteiger partial charge in [0.2, 0.25) is 0 Å². The van der Waals surface area contributed by atoms with E-state index in [1.165, 1.54) is 0 Å². The van der Waals surface area contributed by atoms with Crippen LogP contribution in [-0.4, -0.2) is 32.3 Å². The van der Waals surface area contributed by atoms with Crippen LogP contribution in [0.4, 0.5) is 0 Å². The highest BCUT2D eigenvalue weighted by Crippen LogP contribution is 2.22. The summed E-state index contributed by atoms with van der Waals surface area (Å²) in [4.78, 5) is 20.9. The summed E-state index contributed by atoms with van der Waals surface area (Å²) < 4.78 is 8.76. The molecule has 1 saturated heterocycles. The molecule has 1 fully saturated rings. The Morgan fingerprint density at radius 1 is 1.39 bits per heavy atom. The van der Waals surface area contributed by atoms with Gasteiger partial charge in [-0.25, -0.2) is 14.8 Å². The number of imidazole rings is 1. The quantitative estimate of drug-likeness (QED) is 0.748. The minimum absolute atomic E-state index is 0.0169.